The van der Waals surface area contributed by atoms with Crippen LogP contribution in [0.5, 0.6) is 0 Å². The third-order valence-corrected chi connectivity index (χ3v) is 5.54. The van der Waals surface area contributed by atoms with Crippen LogP contribution in [0.25, 0.3) is 0 Å². The third-order valence-electron chi connectivity index (χ3n) is 3.48. The molecular formula is C17H18Cl2N2O4S. The van der Waals surface area contributed by atoms with Crippen LogP contribution in [0.1, 0.15) is 15.9 Å². The number of halogens is 2. The minimum atomic E-state index is -3.63. The lowest BCUT2D eigenvalue weighted by molar-refractivity contribution is 0.0951. The highest BCUT2D eigenvalue weighted by atomic mass is 35.5. The third kappa shape index (κ3) is 5.69. The first-order valence-electron chi connectivity index (χ1n) is 7.64. The van der Waals surface area contributed by atoms with E-state index in [0.29, 0.717) is 15.6 Å². The molecule has 140 valence electrons. The summed E-state index contributed by atoms with van der Waals surface area (Å²) in [5.74, 6) is -0.340. The monoisotopic (exact) mass is 416 g/mol. The molecule has 0 unspecified atom stereocenters. The van der Waals surface area contributed by atoms with Crippen LogP contribution in [0.4, 0.5) is 0 Å². The number of rotatable bonds is 8. The lowest BCUT2D eigenvalue weighted by atomic mass is 10.2. The van der Waals surface area contributed by atoms with Crippen molar-refractivity contribution in [2.75, 3.05) is 20.3 Å². The molecule has 2 aromatic rings. The van der Waals surface area contributed by atoms with Gasteiger partial charge in [0.15, 0.2) is 0 Å². The number of hydrogen-bond acceptors (Lipinski definition) is 4. The first-order valence-corrected chi connectivity index (χ1v) is 9.88. The van der Waals surface area contributed by atoms with Crippen molar-refractivity contribution in [3.63, 3.8) is 0 Å². The normalized spacial score (nSPS) is 11.3. The summed E-state index contributed by atoms with van der Waals surface area (Å²) in [5, 5.41) is 3.70. The number of amides is 1. The molecule has 6 nitrogen and oxygen atoms in total. The maximum atomic E-state index is 12.2. The molecule has 0 atom stereocenters. The van der Waals surface area contributed by atoms with E-state index in [2.05, 4.69) is 10.0 Å². The quantitative estimate of drug-likeness (QED) is 0.647. The van der Waals surface area contributed by atoms with Crippen molar-refractivity contribution in [3.05, 3.63) is 63.6 Å². The van der Waals surface area contributed by atoms with E-state index in [4.69, 9.17) is 27.9 Å². The number of carbonyl (C=O) groups excluding carboxylic acids is 1. The fourth-order valence-corrected chi connectivity index (χ4v) is 3.58. The summed E-state index contributed by atoms with van der Waals surface area (Å²) in [4.78, 5) is 12.3. The Morgan fingerprint density at radius 1 is 1.12 bits per heavy atom. The van der Waals surface area contributed by atoms with Gasteiger partial charge in [-0.3, -0.25) is 4.79 Å². The Kier molecular flexibility index (Phi) is 7.43. The number of hydrogen-bond donors (Lipinski definition) is 2. The van der Waals surface area contributed by atoms with Crippen molar-refractivity contribution < 1.29 is 17.9 Å². The summed E-state index contributed by atoms with van der Waals surface area (Å²) in [6.45, 7) is 0.670. The van der Waals surface area contributed by atoms with Crippen LogP contribution >= 0.6 is 23.2 Å². The average molecular weight is 417 g/mol. The maximum Gasteiger partial charge on any atom is 0.251 e. The van der Waals surface area contributed by atoms with E-state index in [1.807, 2.05) is 0 Å². The van der Waals surface area contributed by atoms with Gasteiger partial charge in [-0.2, -0.15) is 0 Å². The molecule has 0 aromatic heterocycles. The second-order valence-electron chi connectivity index (χ2n) is 5.33. The van der Waals surface area contributed by atoms with E-state index in [9.17, 15) is 13.2 Å². The predicted molar refractivity (Wildman–Crippen MR) is 101 cm³/mol. The van der Waals surface area contributed by atoms with Gasteiger partial charge in [0.05, 0.1) is 11.5 Å². The van der Waals surface area contributed by atoms with Gasteiger partial charge >= 0.3 is 0 Å². The van der Waals surface area contributed by atoms with E-state index >= 15 is 0 Å². The molecule has 0 bridgehead atoms. The van der Waals surface area contributed by atoms with Crippen molar-refractivity contribution in [2.45, 2.75) is 11.4 Å². The van der Waals surface area contributed by atoms with E-state index in [0.717, 1.165) is 5.56 Å². The van der Waals surface area contributed by atoms with Crippen molar-refractivity contribution in [1.82, 2.24) is 10.0 Å². The van der Waals surface area contributed by atoms with Crippen molar-refractivity contribution in [3.8, 4) is 0 Å². The van der Waals surface area contributed by atoms with Gasteiger partial charge < -0.3 is 10.1 Å². The SMILES string of the molecule is COCCNS(=O)(=O)c1ccc(C(=O)NCc2ccc(Cl)cc2Cl)cc1. The van der Waals surface area contributed by atoms with Crippen LogP contribution in [0.3, 0.4) is 0 Å². The second-order valence-corrected chi connectivity index (χ2v) is 7.94. The first kappa shape index (κ1) is 20.7. The molecule has 2 N–H and O–H groups in total. The fourth-order valence-electron chi connectivity index (χ4n) is 2.09. The van der Waals surface area contributed by atoms with Crippen LogP contribution in [-0.2, 0) is 21.3 Å². The Hall–Kier alpha value is -1.64. The van der Waals surface area contributed by atoms with Crippen molar-refractivity contribution in [1.29, 1.82) is 0 Å². The Labute approximate surface area is 162 Å². The molecule has 0 radical (unpaired) electrons. The molecule has 0 saturated carbocycles. The molecule has 0 heterocycles. The molecule has 0 fully saturated rings. The van der Waals surface area contributed by atoms with E-state index < -0.39 is 10.0 Å². The molecule has 0 aliphatic rings. The molecule has 0 saturated heterocycles. The summed E-state index contributed by atoms with van der Waals surface area (Å²) >= 11 is 11.9. The lowest BCUT2D eigenvalue weighted by Gasteiger charge is -2.09. The number of nitrogens with one attached hydrogen (secondary N) is 2. The van der Waals surface area contributed by atoms with Gasteiger partial charge in [0.2, 0.25) is 10.0 Å². The summed E-state index contributed by atoms with van der Waals surface area (Å²) in [5.41, 5.74) is 1.07. The highest BCUT2D eigenvalue weighted by Gasteiger charge is 2.14. The fraction of sp³-hybridized carbons (Fsp3) is 0.235. The zero-order chi connectivity index (χ0) is 19.2. The van der Waals surface area contributed by atoms with Gasteiger partial charge in [-0.05, 0) is 42.0 Å². The van der Waals surface area contributed by atoms with Gasteiger partial charge in [-0.1, -0.05) is 29.3 Å². The van der Waals surface area contributed by atoms with E-state index in [1.165, 1.54) is 31.4 Å². The highest BCUT2D eigenvalue weighted by Crippen LogP contribution is 2.21. The molecule has 0 spiro atoms. The van der Waals surface area contributed by atoms with Crippen LogP contribution < -0.4 is 10.0 Å². The van der Waals surface area contributed by atoms with Gasteiger partial charge in [0.1, 0.15) is 0 Å². The molecule has 1 amide bonds. The number of methoxy groups -OCH3 is 1. The molecular weight excluding hydrogens is 399 g/mol. The van der Waals surface area contributed by atoms with Gasteiger partial charge in [-0.15, -0.1) is 0 Å². The van der Waals surface area contributed by atoms with Crippen LogP contribution in [0.2, 0.25) is 10.0 Å². The predicted octanol–water partition coefficient (Wildman–Crippen LogP) is 2.85. The van der Waals surface area contributed by atoms with Gasteiger partial charge in [0.25, 0.3) is 5.91 Å². The zero-order valence-corrected chi connectivity index (χ0v) is 16.3. The van der Waals surface area contributed by atoms with Crippen LogP contribution in [0.15, 0.2) is 47.4 Å². The van der Waals surface area contributed by atoms with Gasteiger partial charge in [0, 0.05) is 35.8 Å². The Morgan fingerprint density at radius 2 is 1.81 bits per heavy atom. The molecule has 2 rings (SSSR count). The maximum absolute atomic E-state index is 12.2. The molecule has 2 aromatic carbocycles. The minimum Gasteiger partial charge on any atom is -0.383 e. The molecule has 9 heteroatoms. The number of carbonyl (C=O) groups is 1. The Morgan fingerprint density at radius 3 is 2.42 bits per heavy atom. The Bertz CT molecular complexity index is 871. The Balaban J connectivity index is 2.00. The number of benzene rings is 2. The van der Waals surface area contributed by atoms with E-state index in [-0.39, 0.29) is 30.5 Å². The average Bonchev–Trinajstić information content (AvgIpc) is 2.61. The molecule has 0 aliphatic carbocycles. The first-order chi connectivity index (χ1) is 12.3. The second kappa shape index (κ2) is 9.34. The standard InChI is InChI=1S/C17H18Cl2N2O4S/c1-25-9-8-21-26(23,24)15-6-3-12(4-7-15)17(22)20-11-13-2-5-14(18)10-16(13)19/h2-7,10,21H,8-9,11H2,1H3,(H,20,22). The summed E-state index contributed by atoms with van der Waals surface area (Å²) in [6, 6.07) is 10.7. The van der Waals surface area contributed by atoms with E-state index in [1.54, 1.807) is 18.2 Å². The molecule has 0 aliphatic heterocycles. The zero-order valence-electron chi connectivity index (χ0n) is 14.0. The number of sulfonamides is 1. The summed E-state index contributed by atoms with van der Waals surface area (Å²) in [6.07, 6.45) is 0. The van der Waals surface area contributed by atoms with Crippen molar-refractivity contribution in [2.24, 2.45) is 0 Å². The highest BCUT2D eigenvalue weighted by molar-refractivity contribution is 7.89. The lowest BCUT2D eigenvalue weighted by Crippen LogP contribution is -2.27. The van der Waals surface area contributed by atoms with Crippen LogP contribution in [-0.4, -0.2) is 34.6 Å². The molecule has 26 heavy (non-hydrogen) atoms. The topological polar surface area (TPSA) is 84.5 Å². The minimum absolute atomic E-state index is 0.0749. The smallest absolute Gasteiger partial charge is 0.251 e. The van der Waals surface area contributed by atoms with Crippen LogP contribution in [0, 0.1) is 0 Å². The summed E-state index contributed by atoms with van der Waals surface area (Å²) in [7, 11) is -2.15. The van der Waals surface area contributed by atoms with Crippen molar-refractivity contribution >= 4 is 39.1 Å². The number of ether oxygens (including phenoxy) is 1. The summed E-state index contributed by atoms with van der Waals surface area (Å²) < 4.78 is 31.4. The van der Waals surface area contributed by atoms with Gasteiger partial charge in [-0.25, -0.2) is 13.1 Å². The largest absolute Gasteiger partial charge is 0.383 e.